The third kappa shape index (κ3) is 2.97. The largest absolute Gasteiger partial charge is 0.0452 e. The summed E-state index contributed by atoms with van der Waals surface area (Å²) in [6.45, 7) is 4.15. The fourth-order valence-electron chi connectivity index (χ4n) is 1.63. The average Bonchev–Trinajstić information content (AvgIpc) is 2.14. The Kier molecular flexibility index (Phi) is 3.89. The van der Waals surface area contributed by atoms with Gasteiger partial charge in [0.2, 0.25) is 0 Å². The first-order valence-corrected chi connectivity index (χ1v) is 7.09. The van der Waals surface area contributed by atoms with Crippen LogP contribution in [0.2, 0.25) is 0 Å². The van der Waals surface area contributed by atoms with Crippen molar-refractivity contribution in [3.05, 3.63) is 54.7 Å². The predicted octanol–water partition coefficient (Wildman–Crippen LogP) is 4.78. The molecule has 0 saturated carbocycles. The van der Waals surface area contributed by atoms with Crippen molar-refractivity contribution in [1.29, 1.82) is 0 Å². The van der Waals surface area contributed by atoms with E-state index < -0.39 is 0 Å². The fourth-order valence-corrected chi connectivity index (χ4v) is 3.19. The van der Waals surface area contributed by atoms with Crippen LogP contribution in [-0.2, 0) is 0 Å². The van der Waals surface area contributed by atoms with Crippen LogP contribution in [0.5, 0.6) is 0 Å². The number of benzene rings is 2. The van der Waals surface area contributed by atoms with Crippen LogP contribution in [0.15, 0.2) is 24.3 Å². The number of aryl methyl sites for hydroxylation is 2. The fraction of sp³-hybridized carbons (Fsp3) is 0.143. The molecule has 0 atom stereocenters. The van der Waals surface area contributed by atoms with Gasteiger partial charge in [-0.3, -0.25) is 0 Å². The molecule has 0 N–H and O–H groups in total. The maximum Gasteiger partial charge on any atom is 0.0139 e. The van der Waals surface area contributed by atoms with Gasteiger partial charge in [-0.05, 0) is 118 Å². The zero-order valence-corrected chi connectivity index (χ0v) is 13.4. The highest BCUT2D eigenvalue weighted by Crippen LogP contribution is 2.24. The standard InChI is InChI=1S/C14H10I2/c1-9-3-11(7-13(15)5-9)12-4-10(2)6-14(16)8-12/h5-8H,1-2H3. The monoisotopic (exact) mass is 432 g/mol. The second-order valence-corrected chi connectivity index (χ2v) is 6.28. The first kappa shape index (κ1) is 12.4. The first-order chi connectivity index (χ1) is 7.54. The molecule has 16 heavy (non-hydrogen) atoms. The highest BCUT2D eigenvalue weighted by atomic mass is 127. The van der Waals surface area contributed by atoms with Gasteiger partial charge in [0, 0.05) is 7.14 Å². The minimum atomic E-state index is 1.13. The lowest BCUT2D eigenvalue weighted by molar-refractivity contribution is 1.40. The Labute approximate surface area is 124 Å². The third-order valence-corrected chi connectivity index (χ3v) is 3.47. The van der Waals surface area contributed by atoms with Crippen LogP contribution in [0.4, 0.5) is 0 Å². The van der Waals surface area contributed by atoms with Gasteiger partial charge in [0.1, 0.15) is 0 Å². The highest BCUT2D eigenvalue weighted by molar-refractivity contribution is 14.1. The van der Waals surface area contributed by atoms with Crippen molar-refractivity contribution in [3.63, 3.8) is 0 Å². The van der Waals surface area contributed by atoms with Crippen LogP contribution >= 0.6 is 45.2 Å². The average molecular weight is 432 g/mol. The summed E-state index contributed by atoms with van der Waals surface area (Å²) in [5.41, 5.74) is 4.61. The molecule has 0 saturated heterocycles. The molecule has 0 aliphatic carbocycles. The van der Waals surface area contributed by atoms with Gasteiger partial charge in [0.25, 0.3) is 0 Å². The van der Waals surface area contributed by atoms with E-state index in [4.69, 9.17) is 0 Å². The van der Waals surface area contributed by atoms with Gasteiger partial charge in [-0.2, -0.15) is 0 Å². The molecule has 0 aliphatic heterocycles. The zero-order valence-electron chi connectivity index (χ0n) is 9.07. The summed E-state index contributed by atoms with van der Waals surface area (Å²) < 4.78 is 2.49. The maximum atomic E-state index is 3.38. The van der Waals surface area contributed by atoms with E-state index in [2.05, 4.69) is 95.4 Å². The molecule has 0 nitrogen and oxygen atoms in total. The first-order valence-electron chi connectivity index (χ1n) is 4.94. The Balaban J connectivity index is 2.57. The Morgan fingerprint density at radius 2 is 1.12 bits per heavy atom. The molecular formula is C14H10I2. The molecule has 0 aromatic heterocycles. The summed E-state index contributed by atoms with van der Waals surface area (Å²) in [6.07, 6.45) is 0. The molecule has 0 spiro atoms. The quantitative estimate of drug-likeness (QED) is 0.570. The lowest BCUT2D eigenvalue weighted by Gasteiger charge is -2.05. The maximum absolute atomic E-state index is 3.38. The summed E-state index contributed by atoms with van der Waals surface area (Å²) >= 11 is 4.68. The van der Waals surface area contributed by atoms with Crippen LogP contribution in [-0.4, -0.2) is 0 Å². The number of hydrogen-bond donors (Lipinski definition) is 0. The van der Waals surface area contributed by atoms with E-state index in [0.29, 0.717) is 0 Å². The molecule has 0 bridgehead atoms. The SMILES string of the molecule is Cc1[c]c(-c2[c]c(C)cc(I)c2)cc(I)c1. The van der Waals surface area contributed by atoms with Crippen molar-refractivity contribution in [3.8, 4) is 11.1 Å². The molecule has 2 aromatic rings. The van der Waals surface area contributed by atoms with Gasteiger partial charge < -0.3 is 0 Å². The number of hydrogen-bond acceptors (Lipinski definition) is 0. The molecule has 2 rings (SSSR count). The van der Waals surface area contributed by atoms with Crippen LogP contribution in [0.25, 0.3) is 11.1 Å². The molecular weight excluding hydrogens is 422 g/mol. The van der Waals surface area contributed by atoms with Gasteiger partial charge >= 0.3 is 0 Å². The van der Waals surface area contributed by atoms with E-state index >= 15 is 0 Å². The molecule has 0 heterocycles. The van der Waals surface area contributed by atoms with Crippen LogP contribution < -0.4 is 0 Å². The second-order valence-electron chi connectivity index (χ2n) is 3.79. The van der Waals surface area contributed by atoms with Gasteiger partial charge in [0.15, 0.2) is 0 Å². The van der Waals surface area contributed by atoms with Gasteiger partial charge in [-0.25, -0.2) is 0 Å². The summed E-state index contributed by atoms with van der Waals surface area (Å²) in [5, 5.41) is 0. The molecule has 0 unspecified atom stereocenters. The van der Waals surface area contributed by atoms with E-state index in [1.807, 2.05) is 0 Å². The van der Waals surface area contributed by atoms with Crippen molar-refractivity contribution in [1.82, 2.24) is 0 Å². The minimum absolute atomic E-state index is 1.13. The van der Waals surface area contributed by atoms with E-state index in [-0.39, 0.29) is 0 Å². The molecule has 2 aromatic carbocycles. The van der Waals surface area contributed by atoms with Crippen molar-refractivity contribution < 1.29 is 0 Å². The second kappa shape index (κ2) is 5.04. The van der Waals surface area contributed by atoms with Gasteiger partial charge in [-0.1, -0.05) is 0 Å². The van der Waals surface area contributed by atoms with Crippen LogP contribution in [0.1, 0.15) is 11.1 Å². The molecule has 2 radical (unpaired) electrons. The summed E-state index contributed by atoms with van der Waals surface area (Å²) in [6, 6.07) is 15.3. The van der Waals surface area contributed by atoms with E-state index in [9.17, 15) is 0 Å². The van der Waals surface area contributed by atoms with Gasteiger partial charge in [0.05, 0.1) is 0 Å². The van der Waals surface area contributed by atoms with E-state index in [1.54, 1.807) is 0 Å². The number of halogens is 2. The summed E-state index contributed by atoms with van der Waals surface area (Å²) in [4.78, 5) is 0. The topological polar surface area (TPSA) is 0 Å². The van der Waals surface area contributed by atoms with Crippen molar-refractivity contribution in [2.24, 2.45) is 0 Å². The molecule has 0 aliphatic rings. The van der Waals surface area contributed by atoms with Crippen molar-refractivity contribution in [2.45, 2.75) is 13.8 Å². The third-order valence-electron chi connectivity index (χ3n) is 2.23. The molecule has 0 amide bonds. The molecule has 2 heteroatoms. The predicted molar refractivity (Wildman–Crippen MR) is 84.5 cm³/mol. The van der Waals surface area contributed by atoms with Crippen molar-refractivity contribution in [2.75, 3.05) is 0 Å². The highest BCUT2D eigenvalue weighted by Gasteiger charge is 2.03. The Hall–Kier alpha value is -0.100. The Morgan fingerprint density at radius 3 is 1.44 bits per heavy atom. The van der Waals surface area contributed by atoms with E-state index in [0.717, 1.165) is 11.1 Å². The summed E-state index contributed by atoms with van der Waals surface area (Å²) in [7, 11) is 0. The molecule has 80 valence electrons. The zero-order chi connectivity index (χ0) is 11.7. The normalized spacial score (nSPS) is 10.5. The lowest BCUT2D eigenvalue weighted by Crippen LogP contribution is -1.86. The van der Waals surface area contributed by atoms with E-state index in [1.165, 1.54) is 18.3 Å². The number of rotatable bonds is 1. The van der Waals surface area contributed by atoms with Crippen molar-refractivity contribution >= 4 is 45.2 Å². The van der Waals surface area contributed by atoms with Gasteiger partial charge in [-0.15, -0.1) is 0 Å². The van der Waals surface area contributed by atoms with Crippen LogP contribution in [0.3, 0.4) is 0 Å². The van der Waals surface area contributed by atoms with Crippen LogP contribution in [0, 0.1) is 33.1 Å². The molecule has 0 fully saturated rings. The summed E-state index contributed by atoms with van der Waals surface area (Å²) in [5.74, 6) is 0. The Morgan fingerprint density at radius 1 is 0.750 bits per heavy atom. The smallest absolute Gasteiger partial charge is 0.0139 e. The Bertz CT molecular complexity index is 440. The minimum Gasteiger partial charge on any atom is -0.0452 e. The lowest BCUT2D eigenvalue weighted by atomic mass is 10.0.